The number of imidazole rings is 1. The maximum absolute atomic E-state index is 4.63. The number of hydrogen-bond donors (Lipinski definition) is 0. The Labute approximate surface area is 146 Å². The third-order valence-electron chi connectivity index (χ3n) is 5.23. The van der Waals surface area contributed by atoms with Gasteiger partial charge in [-0.3, -0.25) is 4.90 Å². The monoisotopic (exact) mass is 335 g/mol. The Kier molecular flexibility index (Phi) is 3.52. The normalized spacial score (nSPS) is 19.4. The lowest BCUT2D eigenvalue weighted by Gasteiger charge is -2.48. The Balaban J connectivity index is 1.17. The van der Waals surface area contributed by atoms with Gasteiger partial charge in [0.15, 0.2) is 5.65 Å². The molecule has 3 aromatic heterocycles. The van der Waals surface area contributed by atoms with Gasteiger partial charge in [0.1, 0.15) is 11.6 Å². The first kappa shape index (κ1) is 14.7. The fourth-order valence-corrected chi connectivity index (χ4v) is 3.70. The summed E-state index contributed by atoms with van der Waals surface area (Å²) in [5.41, 5.74) is 0.895. The van der Waals surface area contributed by atoms with Crippen LogP contribution in [0.5, 0.6) is 0 Å². The van der Waals surface area contributed by atoms with Gasteiger partial charge in [-0.25, -0.2) is 14.5 Å². The predicted molar refractivity (Wildman–Crippen MR) is 97.0 cm³/mol. The van der Waals surface area contributed by atoms with E-state index in [1.165, 1.54) is 0 Å². The second-order valence-corrected chi connectivity index (χ2v) is 6.69. The molecule has 2 saturated heterocycles. The van der Waals surface area contributed by atoms with Crippen molar-refractivity contribution in [2.24, 2.45) is 0 Å². The number of nitrogens with zero attached hydrogens (tertiary/aromatic N) is 7. The molecule has 0 bridgehead atoms. The Bertz CT molecular complexity index is 848. The Morgan fingerprint density at radius 1 is 0.800 bits per heavy atom. The molecule has 0 N–H and O–H groups in total. The second-order valence-electron chi connectivity index (χ2n) is 6.69. The minimum absolute atomic E-state index is 0.631. The van der Waals surface area contributed by atoms with Crippen LogP contribution < -0.4 is 9.80 Å². The molecule has 2 aliphatic rings. The summed E-state index contributed by atoms with van der Waals surface area (Å²) in [4.78, 5) is 16.0. The number of hydrogen-bond acceptors (Lipinski definition) is 6. The molecule has 3 aromatic rings. The average molecular weight is 335 g/mol. The first-order valence-electron chi connectivity index (χ1n) is 8.82. The highest BCUT2D eigenvalue weighted by Gasteiger charge is 2.34. The topological polar surface area (TPSA) is 52.8 Å². The zero-order chi connectivity index (χ0) is 16.6. The average Bonchev–Trinajstić information content (AvgIpc) is 3.10. The largest absolute Gasteiger partial charge is 0.354 e. The Morgan fingerprint density at radius 3 is 2.48 bits per heavy atom. The van der Waals surface area contributed by atoms with Crippen molar-refractivity contribution in [1.82, 2.24) is 24.5 Å². The van der Waals surface area contributed by atoms with Crippen molar-refractivity contribution in [3.05, 3.63) is 48.9 Å². The first-order valence-corrected chi connectivity index (χ1v) is 8.82. The highest BCUT2D eigenvalue weighted by atomic mass is 15.4. The van der Waals surface area contributed by atoms with Crippen molar-refractivity contribution in [1.29, 1.82) is 0 Å². The van der Waals surface area contributed by atoms with Gasteiger partial charge in [-0.05, 0) is 24.3 Å². The number of pyridine rings is 1. The van der Waals surface area contributed by atoms with E-state index in [9.17, 15) is 0 Å². The highest BCUT2D eigenvalue weighted by Crippen LogP contribution is 2.23. The van der Waals surface area contributed by atoms with Crippen molar-refractivity contribution in [2.75, 3.05) is 49.1 Å². The van der Waals surface area contributed by atoms with Gasteiger partial charge in [0, 0.05) is 63.9 Å². The zero-order valence-corrected chi connectivity index (χ0v) is 14.1. The molecule has 0 aromatic carbocycles. The summed E-state index contributed by atoms with van der Waals surface area (Å²) < 4.78 is 1.84. The molecule has 0 amide bonds. The second kappa shape index (κ2) is 6.00. The van der Waals surface area contributed by atoms with Gasteiger partial charge < -0.3 is 9.80 Å². The summed E-state index contributed by atoms with van der Waals surface area (Å²) in [6.07, 6.45) is 5.55. The maximum atomic E-state index is 4.63. The summed E-state index contributed by atoms with van der Waals surface area (Å²) in [5.74, 6) is 2.13. The number of piperazine rings is 1. The van der Waals surface area contributed by atoms with Gasteiger partial charge in [-0.15, -0.1) is 5.10 Å². The summed E-state index contributed by atoms with van der Waals surface area (Å²) >= 11 is 0. The lowest BCUT2D eigenvalue weighted by Crippen LogP contribution is -2.63. The Hall–Kier alpha value is -2.67. The summed E-state index contributed by atoms with van der Waals surface area (Å²) in [7, 11) is 0. The number of rotatable bonds is 3. The van der Waals surface area contributed by atoms with E-state index in [1.54, 1.807) is 6.20 Å². The molecule has 0 spiro atoms. The number of aromatic nitrogens is 4. The van der Waals surface area contributed by atoms with Crippen molar-refractivity contribution in [2.45, 2.75) is 6.04 Å². The van der Waals surface area contributed by atoms with E-state index in [0.717, 1.165) is 56.6 Å². The van der Waals surface area contributed by atoms with Gasteiger partial charge in [-0.1, -0.05) is 6.07 Å². The predicted octanol–water partition coefficient (Wildman–Crippen LogP) is 1.14. The molecule has 5 heterocycles. The lowest BCUT2D eigenvalue weighted by molar-refractivity contribution is 0.156. The van der Waals surface area contributed by atoms with E-state index in [1.807, 2.05) is 29.0 Å². The van der Waals surface area contributed by atoms with E-state index < -0.39 is 0 Å². The zero-order valence-electron chi connectivity index (χ0n) is 14.1. The first-order chi connectivity index (χ1) is 12.4. The summed E-state index contributed by atoms with van der Waals surface area (Å²) in [6.45, 7) is 6.40. The molecule has 2 fully saturated rings. The van der Waals surface area contributed by atoms with Crippen LogP contribution in [0.15, 0.2) is 48.9 Å². The lowest BCUT2D eigenvalue weighted by atomic mass is 10.1. The van der Waals surface area contributed by atoms with Crippen LogP contribution in [-0.2, 0) is 0 Å². The van der Waals surface area contributed by atoms with Crippen LogP contribution in [0.25, 0.3) is 5.65 Å². The fourth-order valence-electron chi connectivity index (χ4n) is 3.70. The molecule has 7 heteroatoms. The molecule has 0 unspecified atom stereocenters. The number of fused-ring (bicyclic) bond motifs is 1. The van der Waals surface area contributed by atoms with E-state index in [4.69, 9.17) is 0 Å². The molecule has 0 atom stereocenters. The quantitative estimate of drug-likeness (QED) is 0.715. The minimum Gasteiger partial charge on any atom is -0.354 e. The van der Waals surface area contributed by atoms with E-state index in [-0.39, 0.29) is 0 Å². The van der Waals surface area contributed by atoms with Crippen LogP contribution in [0.2, 0.25) is 0 Å². The molecule has 0 radical (unpaired) electrons. The molecule has 5 rings (SSSR count). The molecular formula is C18H21N7. The van der Waals surface area contributed by atoms with Gasteiger partial charge >= 0.3 is 0 Å². The van der Waals surface area contributed by atoms with E-state index in [0.29, 0.717) is 6.04 Å². The summed E-state index contributed by atoms with van der Waals surface area (Å²) in [5, 5.41) is 4.63. The molecule has 2 aliphatic heterocycles. The van der Waals surface area contributed by atoms with Gasteiger partial charge in [-0.2, -0.15) is 0 Å². The fraction of sp³-hybridized carbons (Fsp3) is 0.389. The van der Waals surface area contributed by atoms with Crippen molar-refractivity contribution >= 4 is 17.3 Å². The van der Waals surface area contributed by atoms with E-state index in [2.05, 4.69) is 48.0 Å². The van der Waals surface area contributed by atoms with Gasteiger partial charge in [0.25, 0.3) is 0 Å². The SMILES string of the molecule is c1ccc(N2CCN(C3CN(c4ccc5nccn5n4)C3)CC2)nc1. The smallest absolute Gasteiger partial charge is 0.153 e. The van der Waals surface area contributed by atoms with Crippen LogP contribution >= 0.6 is 0 Å². The molecule has 0 aliphatic carbocycles. The molecule has 0 saturated carbocycles. The third kappa shape index (κ3) is 2.70. The van der Waals surface area contributed by atoms with E-state index >= 15 is 0 Å². The van der Waals surface area contributed by atoms with Crippen molar-refractivity contribution in [3.63, 3.8) is 0 Å². The standard InChI is InChI=1S/C18H21N7/c1-2-6-19-16(3-1)23-11-9-22(10-12-23)15-13-24(14-15)18-5-4-17-20-7-8-25(17)21-18/h1-8,15H,9-14H2. The maximum Gasteiger partial charge on any atom is 0.153 e. The number of anilines is 2. The van der Waals surface area contributed by atoms with Crippen LogP contribution in [-0.4, -0.2) is 69.8 Å². The van der Waals surface area contributed by atoms with Crippen LogP contribution in [0.3, 0.4) is 0 Å². The molecule has 7 nitrogen and oxygen atoms in total. The van der Waals surface area contributed by atoms with Gasteiger partial charge in [0.05, 0.1) is 0 Å². The molecule has 25 heavy (non-hydrogen) atoms. The van der Waals surface area contributed by atoms with Crippen molar-refractivity contribution in [3.8, 4) is 0 Å². The highest BCUT2D eigenvalue weighted by molar-refractivity contribution is 5.48. The summed E-state index contributed by atoms with van der Waals surface area (Å²) in [6, 6.07) is 10.9. The molecule has 128 valence electrons. The van der Waals surface area contributed by atoms with Crippen LogP contribution in [0.1, 0.15) is 0 Å². The van der Waals surface area contributed by atoms with Crippen molar-refractivity contribution < 1.29 is 0 Å². The minimum atomic E-state index is 0.631. The van der Waals surface area contributed by atoms with Crippen LogP contribution in [0.4, 0.5) is 11.6 Å². The Morgan fingerprint density at radius 2 is 1.68 bits per heavy atom. The third-order valence-corrected chi connectivity index (χ3v) is 5.23. The van der Waals surface area contributed by atoms with Gasteiger partial charge in [0.2, 0.25) is 0 Å². The van der Waals surface area contributed by atoms with Crippen LogP contribution in [0, 0.1) is 0 Å². The molecular weight excluding hydrogens is 314 g/mol.